The first-order valence-corrected chi connectivity index (χ1v) is 11.2. The minimum Gasteiger partial charge on any atom is -0.497 e. The number of halogens is 1. The fourth-order valence-electron chi connectivity index (χ4n) is 3.21. The fourth-order valence-corrected chi connectivity index (χ4v) is 4.51. The average molecular weight is 437 g/mol. The van der Waals surface area contributed by atoms with Crippen LogP contribution in [0.2, 0.25) is 5.02 Å². The van der Waals surface area contributed by atoms with Crippen molar-refractivity contribution in [2.24, 2.45) is 0 Å². The summed E-state index contributed by atoms with van der Waals surface area (Å²) in [5, 5.41) is 1.88. The molecule has 0 atom stereocenters. The number of nitrogens with zero attached hydrogens (tertiary/aromatic N) is 2. The van der Waals surface area contributed by atoms with Crippen molar-refractivity contribution >= 4 is 27.7 Å². The molecule has 6 nitrogen and oxygen atoms in total. The first kappa shape index (κ1) is 21.6. The molecule has 1 saturated heterocycles. The lowest BCUT2D eigenvalue weighted by Gasteiger charge is -2.33. The van der Waals surface area contributed by atoms with Crippen LogP contribution in [-0.2, 0) is 16.6 Å². The monoisotopic (exact) mass is 436 g/mol. The highest BCUT2D eigenvalue weighted by Crippen LogP contribution is 2.26. The molecule has 0 N–H and O–H groups in total. The molecule has 0 spiro atoms. The normalized spacial score (nSPS) is 16.2. The molecule has 0 saturated carbocycles. The summed E-state index contributed by atoms with van der Waals surface area (Å²) >= 11 is 5.86. The third-order valence-electron chi connectivity index (χ3n) is 4.88. The van der Waals surface area contributed by atoms with Crippen LogP contribution in [0.4, 0.5) is 0 Å². The van der Waals surface area contributed by atoms with Gasteiger partial charge in [-0.2, -0.15) is 4.31 Å². The Hall–Kier alpha value is -2.06. The molecular formula is C21H25ClN2O4S. The second-order valence-electron chi connectivity index (χ2n) is 6.75. The Bertz CT molecular complexity index is 953. The van der Waals surface area contributed by atoms with Crippen molar-refractivity contribution in [2.45, 2.75) is 6.54 Å². The number of piperazine rings is 1. The number of sulfonamides is 1. The number of hydrogen-bond acceptors (Lipinski definition) is 5. The average Bonchev–Trinajstić information content (AvgIpc) is 2.73. The SMILES string of the molecule is COc1ccc(OC)c(CN2CCN(S(=O)(=O)/C=C/c3ccc(Cl)cc3)CC2)c1. The molecule has 1 heterocycles. The number of ether oxygens (including phenoxy) is 2. The summed E-state index contributed by atoms with van der Waals surface area (Å²) in [6.07, 6.45) is 1.60. The summed E-state index contributed by atoms with van der Waals surface area (Å²) in [7, 11) is -0.190. The molecule has 1 fully saturated rings. The maximum Gasteiger partial charge on any atom is 0.236 e. The van der Waals surface area contributed by atoms with Crippen LogP contribution in [0.15, 0.2) is 47.9 Å². The van der Waals surface area contributed by atoms with Gasteiger partial charge < -0.3 is 9.47 Å². The van der Waals surface area contributed by atoms with Gasteiger partial charge in [0.15, 0.2) is 0 Å². The van der Waals surface area contributed by atoms with E-state index in [1.165, 1.54) is 9.71 Å². The van der Waals surface area contributed by atoms with E-state index in [4.69, 9.17) is 21.1 Å². The van der Waals surface area contributed by atoms with Gasteiger partial charge in [-0.25, -0.2) is 8.42 Å². The number of rotatable bonds is 7. The lowest BCUT2D eigenvalue weighted by atomic mass is 10.1. The van der Waals surface area contributed by atoms with Gasteiger partial charge in [0.25, 0.3) is 0 Å². The van der Waals surface area contributed by atoms with Crippen LogP contribution in [0.3, 0.4) is 0 Å². The van der Waals surface area contributed by atoms with Crippen molar-refractivity contribution < 1.29 is 17.9 Å². The molecule has 0 aliphatic carbocycles. The minimum absolute atomic E-state index is 0.444. The van der Waals surface area contributed by atoms with E-state index < -0.39 is 10.0 Å². The fraction of sp³-hybridized carbons (Fsp3) is 0.333. The van der Waals surface area contributed by atoms with E-state index in [2.05, 4.69) is 4.90 Å². The van der Waals surface area contributed by atoms with E-state index in [1.54, 1.807) is 44.6 Å². The maximum atomic E-state index is 12.6. The number of methoxy groups -OCH3 is 2. The minimum atomic E-state index is -3.46. The van der Waals surface area contributed by atoms with Gasteiger partial charge in [0.05, 0.1) is 14.2 Å². The van der Waals surface area contributed by atoms with Crippen LogP contribution >= 0.6 is 11.6 Å². The largest absolute Gasteiger partial charge is 0.497 e. The third kappa shape index (κ3) is 5.73. The quantitative estimate of drug-likeness (QED) is 0.665. The van der Waals surface area contributed by atoms with Crippen molar-refractivity contribution in [2.75, 3.05) is 40.4 Å². The molecule has 0 bridgehead atoms. The van der Waals surface area contributed by atoms with Crippen LogP contribution in [0.5, 0.6) is 11.5 Å². The highest BCUT2D eigenvalue weighted by atomic mass is 35.5. The molecule has 29 heavy (non-hydrogen) atoms. The van der Waals surface area contributed by atoms with Gasteiger partial charge in [-0.3, -0.25) is 4.90 Å². The lowest BCUT2D eigenvalue weighted by molar-refractivity contribution is 0.181. The van der Waals surface area contributed by atoms with Crippen molar-refractivity contribution in [1.82, 2.24) is 9.21 Å². The summed E-state index contributed by atoms with van der Waals surface area (Å²) in [4.78, 5) is 2.21. The topological polar surface area (TPSA) is 59.1 Å². The molecule has 0 amide bonds. The van der Waals surface area contributed by atoms with Gasteiger partial charge in [0.1, 0.15) is 11.5 Å². The predicted molar refractivity (Wildman–Crippen MR) is 116 cm³/mol. The van der Waals surface area contributed by atoms with Crippen molar-refractivity contribution in [1.29, 1.82) is 0 Å². The van der Waals surface area contributed by atoms with Gasteiger partial charge in [-0.1, -0.05) is 23.7 Å². The van der Waals surface area contributed by atoms with E-state index in [1.807, 2.05) is 18.2 Å². The first-order chi connectivity index (χ1) is 13.9. The highest BCUT2D eigenvalue weighted by Gasteiger charge is 2.25. The molecular weight excluding hydrogens is 412 g/mol. The van der Waals surface area contributed by atoms with E-state index in [0.29, 0.717) is 37.7 Å². The summed E-state index contributed by atoms with van der Waals surface area (Å²) < 4.78 is 37.5. The zero-order valence-electron chi connectivity index (χ0n) is 16.5. The van der Waals surface area contributed by atoms with Gasteiger partial charge in [0, 0.05) is 48.7 Å². The first-order valence-electron chi connectivity index (χ1n) is 9.28. The Balaban J connectivity index is 1.60. The van der Waals surface area contributed by atoms with Crippen molar-refractivity contribution in [3.05, 3.63) is 64.0 Å². The van der Waals surface area contributed by atoms with E-state index in [9.17, 15) is 8.42 Å². The third-order valence-corrected chi connectivity index (χ3v) is 6.69. The molecule has 3 rings (SSSR count). The van der Waals surface area contributed by atoms with E-state index >= 15 is 0 Å². The van der Waals surface area contributed by atoms with Gasteiger partial charge in [0.2, 0.25) is 10.0 Å². The molecule has 2 aromatic rings. The molecule has 2 aromatic carbocycles. The predicted octanol–water partition coefficient (Wildman–Crippen LogP) is 3.48. The zero-order chi connectivity index (χ0) is 20.9. The van der Waals surface area contributed by atoms with E-state index in [0.717, 1.165) is 22.6 Å². The molecule has 0 radical (unpaired) electrons. The molecule has 0 aromatic heterocycles. The molecule has 8 heteroatoms. The summed E-state index contributed by atoms with van der Waals surface area (Å²) in [6, 6.07) is 12.7. The van der Waals surface area contributed by atoms with Crippen molar-refractivity contribution in [3.63, 3.8) is 0 Å². The van der Waals surface area contributed by atoms with E-state index in [-0.39, 0.29) is 0 Å². The second-order valence-corrected chi connectivity index (χ2v) is 9.01. The second kappa shape index (κ2) is 9.63. The summed E-state index contributed by atoms with van der Waals surface area (Å²) in [5.41, 5.74) is 1.81. The number of benzene rings is 2. The smallest absolute Gasteiger partial charge is 0.236 e. The van der Waals surface area contributed by atoms with Crippen LogP contribution in [0.1, 0.15) is 11.1 Å². The van der Waals surface area contributed by atoms with Gasteiger partial charge >= 0.3 is 0 Å². The Morgan fingerprint density at radius 2 is 1.69 bits per heavy atom. The molecule has 1 aliphatic heterocycles. The van der Waals surface area contributed by atoms with Gasteiger partial charge in [-0.05, 0) is 42.0 Å². The van der Waals surface area contributed by atoms with Gasteiger partial charge in [-0.15, -0.1) is 0 Å². The Kier molecular flexibility index (Phi) is 7.18. The zero-order valence-corrected chi connectivity index (χ0v) is 18.1. The van der Waals surface area contributed by atoms with Crippen molar-refractivity contribution in [3.8, 4) is 11.5 Å². The Morgan fingerprint density at radius 1 is 1.00 bits per heavy atom. The number of hydrogen-bond donors (Lipinski definition) is 0. The van der Waals surface area contributed by atoms with Crippen LogP contribution in [-0.4, -0.2) is 58.0 Å². The molecule has 156 valence electrons. The lowest BCUT2D eigenvalue weighted by Crippen LogP contribution is -2.47. The maximum absolute atomic E-state index is 12.6. The van der Waals surface area contributed by atoms with Crippen LogP contribution in [0, 0.1) is 0 Å². The molecule has 0 unspecified atom stereocenters. The molecule has 1 aliphatic rings. The highest BCUT2D eigenvalue weighted by molar-refractivity contribution is 7.92. The van der Waals surface area contributed by atoms with Crippen LogP contribution < -0.4 is 9.47 Å². The summed E-state index contributed by atoms with van der Waals surface area (Å²) in [5.74, 6) is 1.57. The van der Waals surface area contributed by atoms with Crippen LogP contribution in [0.25, 0.3) is 6.08 Å². The Morgan fingerprint density at radius 3 is 2.31 bits per heavy atom. The summed E-state index contributed by atoms with van der Waals surface area (Å²) in [6.45, 7) is 2.86. The Labute approximate surface area is 177 Å². The standard InChI is InChI=1S/C21H25ClN2O4S/c1-27-20-7-8-21(28-2)18(15-20)16-23-10-12-24(13-11-23)29(25,26)14-9-17-3-5-19(22)6-4-17/h3-9,14-15H,10-13,16H2,1-2H3/b14-9+.